The summed E-state index contributed by atoms with van der Waals surface area (Å²) in [4.78, 5) is 13.8. The van der Waals surface area contributed by atoms with Gasteiger partial charge in [-0.15, -0.1) is 0 Å². The van der Waals surface area contributed by atoms with Gasteiger partial charge in [-0.25, -0.2) is 13.6 Å². The second kappa shape index (κ2) is 5.83. The van der Waals surface area contributed by atoms with Crippen molar-refractivity contribution in [3.05, 3.63) is 34.3 Å². The van der Waals surface area contributed by atoms with E-state index in [0.29, 0.717) is 6.54 Å². The fraction of sp³-hybridized carbons (Fsp3) is 0.462. The molecule has 2 unspecified atom stereocenters. The normalized spacial score (nSPS) is 21.2. The van der Waals surface area contributed by atoms with E-state index in [4.69, 9.17) is 5.14 Å². The Morgan fingerprint density at radius 3 is 2.80 bits per heavy atom. The number of sulfonamides is 1. The summed E-state index contributed by atoms with van der Waals surface area (Å²) in [6.07, 6.45) is 0.245. The minimum absolute atomic E-state index is 0.0221. The van der Waals surface area contributed by atoms with Crippen molar-refractivity contribution < 1.29 is 13.2 Å². The van der Waals surface area contributed by atoms with Gasteiger partial charge in [0.15, 0.2) is 0 Å². The number of nitrogens with zero attached hydrogens (tertiary/aromatic N) is 1. The molecule has 1 saturated heterocycles. The average Bonchev–Trinajstić information content (AvgIpc) is 2.66. The summed E-state index contributed by atoms with van der Waals surface area (Å²) in [7, 11) is -3.54. The van der Waals surface area contributed by atoms with Crippen molar-refractivity contribution in [2.45, 2.75) is 19.4 Å². The molecule has 2 atom stereocenters. The molecule has 1 aromatic rings. The van der Waals surface area contributed by atoms with Crippen molar-refractivity contribution in [2.24, 2.45) is 11.1 Å². The average molecular weight is 361 g/mol. The number of carbonyl (C=O) groups is 1. The van der Waals surface area contributed by atoms with Crippen LogP contribution in [-0.2, 0) is 14.8 Å². The van der Waals surface area contributed by atoms with E-state index in [1.807, 2.05) is 31.2 Å². The SMILES string of the molecule is CC(c1cccc(Br)c1)N1CC(CS(N)(=O)=O)CC1=O. The van der Waals surface area contributed by atoms with Gasteiger partial charge in [0.2, 0.25) is 15.9 Å². The number of likely N-dealkylation sites (tertiary alicyclic amines) is 1. The highest BCUT2D eigenvalue weighted by Gasteiger charge is 2.34. The minimum atomic E-state index is -3.54. The van der Waals surface area contributed by atoms with Crippen LogP contribution in [0.5, 0.6) is 0 Å². The van der Waals surface area contributed by atoms with E-state index in [1.165, 1.54) is 0 Å². The maximum Gasteiger partial charge on any atom is 0.223 e. The number of hydrogen-bond donors (Lipinski definition) is 1. The Morgan fingerprint density at radius 1 is 1.50 bits per heavy atom. The third-order valence-corrected chi connectivity index (χ3v) is 4.93. The highest BCUT2D eigenvalue weighted by Crippen LogP contribution is 2.29. The Hall–Kier alpha value is -0.920. The summed E-state index contributed by atoms with van der Waals surface area (Å²) < 4.78 is 23.2. The molecule has 7 heteroatoms. The van der Waals surface area contributed by atoms with Crippen molar-refractivity contribution in [3.8, 4) is 0 Å². The van der Waals surface area contributed by atoms with E-state index in [0.717, 1.165) is 10.0 Å². The highest BCUT2D eigenvalue weighted by molar-refractivity contribution is 9.10. The molecule has 1 fully saturated rings. The van der Waals surface area contributed by atoms with E-state index in [2.05, 4.69) is 15.9 Å². The molecule has 0 bridgehead atoms. The molecule has 1 heterocycles. The number of rotatable bonds is 4. The molecule has 0 spiro atoms. The number of primary sulfonamides is 1. The van der Waals surface area contributed by atoms with Gasteiger partial charge in [0.1, 0.15) is 0 Å². The van der Waals surface area contributed by atoms with Gasteiger partial charge in [-0.2, -0.15) is 0 Å². The Kier molecular flexibility index (Phi) is 4.51. The Morgan fingerprint density at radius 2 is 2.20 bits per heavy atom. The molecule has 0 radical (unpaired) electrons. The minimum Gasteiger partial charge on any atom is -0.336 e. The third kappa shape index (κ3) is 3.80. The van der Waals surface area contributed by atoms with Crippen LogP contribution in [0, 0.1) is 5.92 Å². The molecule has 0 aromatic heterocycles. The summed E-state index contributed by atoms with van der Waals surface area (Å²) in [5.41, 5.74) is 1.02. The molecule has 0 saturated carbocycles. The Bertz CT molecular complexity index is 618. The lowest BCUT2D eigenvalue weighted by Gasteiger charge is -2.25. The third-order valence-electron chi connectivity index (χ3n) is 3.51. The van der Waals surface area contributed by atoms with Crippen LogP contribution in [0.2, 0.25) is 0 Å². The first-order chi connectivity index (χ1) is 9.26. The predicted octanol–water partition coefficient (Wildman–Crippen LogP) is 1.65. The van der Waals surface area contributed by atoms with Crippen LogP contribution in [0.25, 0.3) is 0 Å². The van der Waals surface area contributed by atoms with E-state index in [1.54, 1.807) is 4.90 Å². The molecule has 1 aliphatic rings. The van der Waals surface area contributed by atoms with Crippen LogP contribution >= 0.6 is 15.9 Å². The Labute approximate surface area is 127 Å². The van der Waals surface area contributed by atoms with Gasteiger partial charge in [-0.05, 0) is 24.6 Å². The van der Waals surface area contributed by atoms with Crippen LogP contribution in [0.3, 0.4) is 0 Å². The van der Waals surface area contributed by atoms with Gasteiger partial charge in [0.05, 0.1) is 11.8 Å². The van der Waals surface area contributed by atoms with Crippen LogP contribution in [-0.4, -0.2) is 31.5 Å². The summed E-state index contributed by atoms with van der Waals surface area (Å²) in [6, 6.07) is 7.68. The number of hydrogen-bond acceptors (Lipinski definition) is 3. The first-order valence-electron chi connectivity index (χ1n) is 6.31. The molecule has 2 N–H and O–H groups in total. The van der Waals surface area contributed by atoms with E-state index in [9.17, 15) is 13.2 Å². The van der Waals surface area contributed by atoms with E-state index < -0.39 is 10.0 Å². The molecule has 0 aliphatic carbocycles. The fourth-order valence-corrected chi connectivity index (χ4v) is 3.87. The van der Waals surface area contributed by atoms with Gasteiger partial charge in [-0.1, -0.05) is 28.1 Å². The number of nitrogens with two attached hydrogens (primary N) is 1. The second-order valence-corrected chi connectivity index (χ2v) is 7.75. The highest BCUT2D eigenvalue weighted by atomic mass is 79.9. The summed E-state index contributed by atoms with van der Waals surface area (Å²) >= 11 is 3.41. The van der Waals surface area contributed by atoms with Gasteiger partial charge in [0.25, 0.3) is 0 Å². The largest absolute Gasteiger partial charge is 0.336 e. The predicted molar refractivity (Wildman–Crippen MR) is 80.4 cm³/mol. The molecule has 5 nitrogen and oxygen atoms in total. The van der Waals surface area contributed by atoms with E-state index in [-0.39, 0.29) is 30.0 Å². The topological polar surface area (TPSA) is 80.5 Å². The van der Waals surface area contributed by atoms with Crippen LogP contribution in [0.1, 0.15) is 24.9 Å². The van der Waals surface area contributed by atoms with Gasteiger partial charge in [-0.3, -0.25) is 4.79 Å². The van der Waals surface area contributed by atoms with Crippen LogP contribution in [0.4, 0.5) is 0 Å². The Balaban J connectivity index is 2.11. The van der Waals surface area contributed by atoms with E-state index >= 15 is 0 Å². The standard InChI is InChI=1S/C13H17BrN2O3S/c1-9(11-3-2-4-12(14)6-11)16-7-10(5-13(16)17)8-20(15,18)19/h2-4,6,9-10H,5,7-8H2,1H3,(H2,15,18,19). The van der Waals surface area contributed by atoms with Crippen LogP contribution in [0.15, 0.2) is 28.7 Å². The zero-order chi connectivity index (χ0) is 14.9. The van der Waals surface area contributed by atoms with Gasteiger partial charge >= 0.3 is 0 Å². The van der Waals surface area contributed by atoms with Crippen molar-refractivity contribution in [2.75, 3.05) is 12.3 Å². The quantitative estimate of drug-likeness (QED) is 0.886. The maximum atomic E-state index is 12.0. The number of carbonyl (C=O) groups excluding carboxylic acids is 1. The van der Waals surface area contributed by atoms with Crippen molar-refractivity contribution in [3.63, 3.8) is 0 Å². The van der Waals surface area contributed by atoms with Crippen molar-refractivity contribution in [1.82, 2.24) is 4.90 Å². The molecule has 20 heavy (non-hydrogen) atoms. The lowest BCUT2D eigenvalue weighted by atomic mass is 10.1. The van der Waals surface area contributed by atoms with Gasteiger partial charge < -0.3 is 4.90 Å². The lowest BCUT2D eigenvalue weighted by molar-refractivity contribution is -0.129. The second-order valence-electron chi connectivity index (χ2n) is 5.18. The first kappa shape index (κ1) is 15.5. The lowest BCUT2D eigenvalue weighted by Crippen LogP contribution is -2.30. The maximum absolute atomic E-state index is 12.0. The monoisotopic (exact) mass is 360 g/mol. The smallest absolute Gasteiger partial charge is 0.223 e. The molecule has 110 valence electrons. The molecule has 1 aromatic carbocycles. The number of halogens is 1. The molecular weight excluding hydrogens is 344 g/mol. The molecule has 2 rings (SSSR count). The van der Waals surface area contributed by atoms with Gasteiger partial charge in [0, 0.05) is 23.4 Å². The summed E-state index contributed by atoms with van der Waals surface area (Å²) in [6.45, 7) is 2.38. The molecule has 1 amide bonds. The zero-order valence-electron chi connectivity index (χ0n) is 11.1. The number of amides is 1. The molecular formula is C13H17BrN2O3S. The van der Waals surface area contributed by atoms with Crippen molar-refractivity contribution in [1.29, 1.82) is 0 Å². The molecule has 1 aliphatic heterocycles. The fourth-order valence-electron chi connectivity index (χ4n) is 2.57. The number of benzene rings is 1. The first-order valence-corrected chi connectivity index (χ1v) is 8.82. The van der Waals surface area contributed by atoms with Crippen molar-refractivity contribution >= 4 is 31.9 Å². The summed E-state index contributed by atoms with van der Waals surface area (Å²) in [5.74, 6) is -0.376. The zero-order valence-corrected chi connectivity index (χ0v) is 13.5. The van der Waals surface area contributed by atoms with Crippen LogP contribution < -0.4 is 5.14 Å². The summed E-state index contributed by atoms with van der Waals surface area (Å²) in [5, 5.41) is 5.05.